The topological polar surface area (TPSA) is 150 Å². The van der Waals surface area contributed by atoms with Gasteiger partial charge in [0.2, 0.25) is 0 Å². The first-order valence-corrected chi connectivity index (χ1v) is 24.3. The largest absolute Gasteiger partial charge is 0.497 e. The Morgan fingerprint density at radius 1 is 0.541 bits per heavy atom. The number of nitrogens with one attached hydrogen (secondary N) is 1. The van der Waals surface area contributed by atoms with E-state index >= 15 is 0 Å². The van der Waals surface area contributed by atoms with E-state index in [1.807, 2.05) is 174 Å². The number of ether oxygens (including phenoxy) is 8. The number of nitrogens with zero attached hydrogens (tertiary/aromatic N) is 4. The van der Waals surface area contributed by atoms with Gasteiger partial charge in [0.15, 0.2) is 17.0 Å². The molecule has 0 saturated carbocycles. The number of aromatic nitrogens is 4. The van der Waals surface area contributed by atoms with Gasteiger partial charge in [0.05, 0.1) is 54.1 Å². The second-order valence-electron chi connectivity index (χ2n) is 17.6. The molecule has 7 aromatic carbocycles. The molecule has 3 heterocycles. The maximum Gasteiger partial charge on any atom is 0.167 e. The summed E-state index contributed by atoms with van der Waals surface area (Å²) in [4.78, 5) is 13.9. The first kappa shape index (κ1) is 49.3. The number of rotatable bonds is 21. The molecule has 0 bridgehead atoms. The summed E-state index contributed by atoms with van der Waals surface area (Å²) in [6, 6.07) is 59.4. The molecule has 1 aliphatic rings. The van der Waals surface area contributed by atoms with Crippen LogP contribution in [0.1, 0.15) is 46.0 Å². The van der Waals surface area contributed by atoms with Crippen LogP contribution in [0.5, 0.6) is 28.7 Å². The van der Waals surface area contributed by atoms with E-state index in [0.717, 1.165) is 62.1 Å². The lowest BCUT2D eigenvalue weighted by atomic mass is 9.80. The molecule has 1 aliphatic heterocycles. The minimum Gasteiger partial charge on any atom is -0.497 e. The minimum atomic E-state index is -1.09. The van der Waals surface area contributed by atoms with Gasteiger partial charge in [-0.05, 0) is 94.0 Å². The van der Waals surface area contributed by atoms with E-state index in [0.29, 0.717) is 22.7 Å². The number of hydrogen-bond donors (Lipinski definition) is 2. The number of benzene rings is 7. The highest BCUT2D eigenvalue weighted by atomic mass is 16.6. The molecule has 0 unspecified atom stereocenters. The van der Waals surface area contributed by atoms with Crippen LogP contribution in [-0.2, 0) is 25.4 Å². The maximum atomic E-state index is 11.6. The van der Waals surface area contributed by atoms with Crippen LogP contribution in [-0.4, -0.2) is 85.1 Å². The SMILES string of the molecule is COc1ccc(C(OCCOc2cccc(Nc3ncnc4c3ncn4[C@H]3C[C@H](O)[C@@H](COC(c4ccccc4)(c4ccc(OC)cc4)c4ccc(OC)cc4)O3)c2)(c2ccccc2)c2ccc(OC)cc2)cc1. The van der Waals surface area contributed by atoms with Gasteiger partial charge in [-0.3, -0.25) is 4.57 Å². The van der Waals surface area contributed by atoms with Crippen molar-refractivity contribution in [1.82, 2.24) is 19.5 Å². The first-order chi connectivity index (χ1) is 36.3. The lowest BCUT2D eigenvalue weighted by Crippen LogP contribution is -2.38. The average Bonchev–Trinajstić information content (AvgIpc) is 4.09. The van der Waals surface area contributed by atoms with Gasteiger partial charge in [0.1, 0.15) is 65.2 Å². The molecule has 14 nitrogen and oxygen atoms in total. The summed E-state index contributed by atoms with van der Waals surface area (Å²) in [6.07, 6.45) is 1.30. The monoisotopic (exact) mass is 991 g/mol. The van der Waals surface area contributed by atoms with Gasteiger partial charge < -0.3 is 48.3 Å². The van der Waals surface area contributed by atoms with Crippen molar-refractivity contribution in [2.24, 2.45) is 0 Å². The van der Waals surface area contributed by atoms with Crippen LogP contribution < -0.4 is 29.0 Å². The third-order valence-electron chi connectivity index (χ3n) is 13.5. The zero-order valence-electron chi connectivity index (χ0n) is 41.5. The fourth-order valence-electron chi connectivity index (χ4n) is 9.70. The van der Waals surface area contributed by atoms with Crippen LogP contribution >= 0.6 is 0 Å². The fourth-order valence-corrected chi connectivity index (χ4v) is 9.70. The number of aliphatic hydroxyl groups excluding tert-OH is 1. The predicted molar refractivity (Wildman–Crippen MR) is 282 cm³/mol. The summed E-state index contributed by atoms with van der Waals surface area (Å²) >= 11 is 0. The summed E-state index contributed by atoms with van der Waals surface area (Å²) in [6.45, 7) is 0.559. The van der Waals surface area contributed by atoms with Crippen molar-refractivity contribution >= 4 is 22.7 Å². The smallest absolute Gasteiger partial charge is 0.167 e. The number of hydrogen-bond acceptors (Lipinski definition) is 13. The number of fused-ring (bicyclic) bond motifs is 1. The van der Waals surface area contributed by atoms with E-state index < -0.39 is 29.6 Å². The van der Waals surface area contributed by atoms with Crippen LogP contribution in [0, 0.1) is 0 Å². The standard InChI is InChI=1S/C60H57N5O9/c1-67-48-26-18-43(19-27-48)59(41-12-7-5-8-13-41,44-20-28-49(68-2)29-21-44)72-35-34-71-52-17-11-16-47(36-52)64-57-56-58(62-39-61-57)65(40-63-56)55-37-53(66)54(74-55)38-73-60(42-14-9-6-10-15-42,45-22-30-50(69-3)31-23-45)46-24-32-51(70-4)33-25-46/h5-33,36,39-40,53-55,66H,34-35,37-38H2,1-4H3,(H,61,62,64)/t53-,54+,55+/m0/s1. The third-order valence-corrected chi connectivity index (χ3v) is 13.5. The highest BCUT2D eigenvalue weighted by Gasteiger charge is 2.43. The quantitative estimate of drug-likeness (QED) is 0.0520. The molecule has 2 N–H and O–H groups in total. The molecule has 0 amide bonds. The lowest BCUT2D eigenvalue weighted by molar-refractivity contribution is -0.0931. The Morgan fingerprint density at radius 3 is 1.53 bits per heavy atom. The number of methoxy groups -OCH3 is 4. The Labute approximate surface area is 430 Å². The third kappa shape index (κ3) is 9.95. The van der Waals surface area contributed by atoms with E-state index in [1.54, 1.807) is 34.8 Å². The van der Waals surface area contributed by atoms with Gasteiger partial charge in [0.25, 0.3) is 0 Å². The maximum absolute atomic E-state index is 11.6. The van der Waals surface area contributed by atoms with Gasteiger partial charge in [0, 0.05) is 18.2 Å². The van der Waals surface area contributed by atoms with Crippen molar-refractivity contribution in [3.8, 4) is 28.7 Å². The first-order valence-electron chi connectivity index (χ1n) is 24.3. The summed E-state index contributed by atoms with van der Waals surface area (Å²) in [5.74, 6) is 4.05. The van der Waals surface area contributed by atoms with Crippen LogP contribution in [0.15, 0.2) is 195 Å². The lowest BCUT2D eigenvalue weighted by Gasteiger charge is -2.37. The molecule has 3 atom stereocenters. The second kappa shape index (κ2) is 22.2. The van der Waals surface area contributed by atoms with Crippen molar-refractivity contribution in [2.75, 3.05) is 53.6 Å². The highest BCUT2D eigenvalue weighted by molar-refractivity contribution is 5.85. The normalized spacial score (nSPS) is 15.7. The summed E-state index contributed by atoms with van der Waals surface area (Å²) < 4.78 is 51.0. The van der Waals surface area contributed by atoms with Crippen molar-refractivity contribution in [3.05, 3.63) is 228 Å². The molecule has 9 aromatic rings. The molecule has 10 rings (SSSR count). The molecule has 1 fully saturated rings. The average molecular weight is 992 g/mol. The number of anilines is 2. The van der Waals surface area contributed by atoms with Crippen molar-refractivity contribution in [2.45, 2.75) is 36.1 Å². The van der Waals surface area contributed by atoms with Crippen molar-refractivity contribution in [3.63, 3.8) is 0 Å². The summed E-state index contributed by atoms with van der Waals surface area (Å²) in [5, 5.41) is 15.0. The van der Waals surface area contributed by atoms with E-state index in [9.17, 15) is 5.11 Å². The van der Waals surface area contributed by atoms with E-state index in [2.05, 4.69) is 27.4 Å². The van der Waals surface area contributed by atoms with Crippen LogP contribution in [0.25, 0.3) is 11.2 Å². The number of imidazole rings is 1. The predicted octanol–water partition coefficient (Wildman–Crippen LogP) is 10.6. The molecular weight excluding hydrogens is 935 g/mol. The van der Waals surface area contributed by atoms with Gasteiger partial charge in [-0.2, -0.15) is 0 Å². The molecular formula is C60H57N5O9. The molecule has 14 heteroatoms. The van der Waals surface area contributed by atoms with Gasteiger partial charge in [-0.15, -0.1) is 0 Å². The van der Waals surface area contributed by atoms with Crippen LogP contribution in [0.3, 0.4) is 0 Å². The minimum absolute atomic E-state index is 0.0583. The second-order valence-corrected chi connectivity index (χ2v) is 17.6. The zero-order valence-corrected chi connectivity index (χ0v) is 41.5. The van der Waals surface area contributed by atoms with E-state index in [-0.39, 0.29) is 26.2 Å². The summed E-state index contributed by atoms with van der Waals surface area (Å²) in [7, 11) is 6.59. The van der Waals surface area contributed by atoms with Gasteiger partial charge >= 0.3 is 0 Å². The van der Waals surface area contributed by atoms with E-state index in [4.69, 9.17) is 42.9 Å². The van der Waals surface area contributed by atoms with Crippen molar-refractivity contribution in [1.29, 1.82) is 0 Å². The molecule has 0 aliphatic carbocycles. The fraction of sp³-hybridized carbons (Fsp3) is 0.217. The molecule has 2 aromatic heterocycles. The van der Waals surface area contributed by atoms with Crippen LogP contribution in [0.4, 0.5) is 11.5 Å². The highest BCUT2D eigenvalue weighted by Crippen LogP contribution is 2.44. The Balaban J connectivity index is 0.845. The van der Waals surface area contributed by atoms with Gasteiger partial charge in [-0.1, -0.05) is 115 Å². The Hall–Kier alpha value is -8.27. The zero-order chi connectivity index (χ0) is 50.9. The van der Waals surface area contributed by atoms with Crippen LogP contribution in [0.2, 0.25) is 0 Å². The van der Waals surface area contributed by atoms with E-state index in [1.165, 1.54) is 6.33 Å². The molecule has 1 saturated heterocycles. The Bertz CT molecular complexity index is 3140. The number of aliphatic hydroxyl groups is 1. The van der Waals surface area contributed by atoms with Crippen molar-refractivity contribution < 1.29 is 43.0 Å². The molecule has 74 heavy (non-hydrogen) atoms. The molecule has 0 radical (unpaired) electrons. The molecule has 0 spiro atoms. The van der Waals surface area contributed by atoms with Gasteiger partial charge in [-0.25, -0.2) is 15.0 Å². The molecule has 376 valence electrons. The summed E-state index contributed by atoms with van der Waals surface area (Å²) in [5.41, 5.74) is 5.20. The Kier molecular flexibility index (Phi) is 14.8. The Morgan fingerprint density at radius 2 is 1.03 bits per heavy atom.